The number of carbonyl (C=O) groups is 5. The average molecular weight is 840 g/mol. The second-order valence-electron chi connectivity index (χ2n) is 17.4. The van der Waals surface area contributed by atoms with Gasteiger partial charge in [0.2, 0.25) is 11.8 Å². The molecule has 62 heavy (non-hydrogen) atoms. The second-order valence-corrected chi connectivity index (χ2v) is 17.4. The highest BCUT2D eigenvalue weighted by atomic mass is 16.3. The summed E-state index contributed by atoms with van der Waals surface area (Å²) in [6.45, 7) is 9.60. The summed E-state index contributed by atoms with van der Waals surface area (Å²) in [6, 6.07) is 15.2. The summed E-state index contributed by atoms with van der Waals surface area (Å²) in [5.74, 6) is -1.84. The van der Waals surface area contributed by atoms with Crippen LogP contribution in [0.1, 0.15) is 101 Å². The van der Waals surface area contributed by atoms with Crippen molar-refractivity contribution in [3.8, 4) is 6.07 Å². The average Bonchev–Trinajstić information content (AvgIpc) is 3.95. The van der Waals surface area contributed by atoms with Gasteiger partial charge in [-0.1, -0.05) is 6.07 Å². The third kappa shape index (κ3) is 7.92. The molecule has 2 saturated heterocycles. The molecule has 3 aromatic heterocycles. The van der Waals surface area contributed by atoms with E-state index in [1.165, 1.54) is 10.7 Å². The van der Waals surface area contributed by atoms with Crippen LogP contribution in [-0.2, 0) is 15.2 Å². The number of fused-ring (bicyclic) bond motifs is 3. The number of nitrogens with one attached hydrogen (secondary N) is 3. The van der Waals surface area contributed by atoms with Gasteiger partial charge in [-0.2, -0.15) is 15.5 Å². The predicted octanol–water partition coefficient (Wildman–Crippen LogP) is 3.90. The normalized spacial score (nSPS) is 21.3. The first-order valence-corrected chi connectivity index (χ1v) is 21.3. The van der Waals surface area contributed by atoms with E-state index in [-0.39, 0.29) is 35.9 Å². The molecule has 2 aromatic carbocycles. The molecule has 4 N–H and O–H groups in total. The third-order valence-corrected chi connectivity index (χ3v) is 12.8. The van der Waals surface area contributed by atoms with Crippen molar-refractivity contribution in [1.29, 1.82) is 5.26 Å². The molecule has 4 aliphatic rings. The van der Waals surface area contributed by atoms with E-state index >= 15 is 0 Å². The highest BCUT2D eigenvalue weighted by molar-refractivity contribution is 6.25. The number of aromatic nitrogens is 4. The number of nitrogens with zero attached hydrogens (tertiary/aromatic N) is 8. The van der Waals surface area contributed by atoms with Crippen molar-refractivity contribution in [2.24, 2.45) is 5.92 Å². The number of piperazine rings is 1. The smallest absolute Gasteiger partial charge is 0.274 e. The van der Waals surface area contributed by atoms with E-state index in [1.54, 1.807) is 50.2 Å². The van der Waals surface area contributed by atoms with E-state index in [9.17, 15) is 34.3 Å². The molecule has 3 aliphatic heterocycles. The van der Waals surface area contributed by atoms with Gasteiger partial charge < -0.3 is 20.6 Å². The zero-order chi connectivity index (χ0) is 43.3. The topological polar surface area (TPSA) is 210 Å². The van der Waals surface area contributed by atoms with Crippen LogP contribution in [0.2, 0.25) is 0 Å². The number of amides is 5. The molecule has 1 unspecified atom stereocenters. The van der Waals surface area contributed by atoms with Gasteiger partial charge in [0.1, 0.15) is 17.8 Å². The Labute approximate surface area is 357 Å². The van der Waals surface area contributed by atoms with Gasteiger partial charge in [-0.3, -0.25) is 43.8 Å². The third-order valence-electron chi connectivity index (χ3n) is 12.8. The SMILES string of the molecule is CC(C)(O)c1cc2nn([C@H]3CC[C@H](CN4CCN(CCNc5cccc6c5C(=O)N(C5CCC(=O)NC5=O)C6=O)CC4)CC3)cc2cc1NC(=O)c1ccc2cc(C#N)cnn12. The Kier molecular flexibility index (Phi) is 10.8. The summed E-state index contributed by atoms with van der Waals surface area (Å²) < 4.78 is 3.54. The molecule has 1 atom stereocenters. The van der Waals surface area contributed by atoms with Gasteiger partial charge in [-0.25, -0.2) is 4.52 Å². The maximum Gasteiger partial charge on any atom is 0.274 e. The molecule has 17 nitrogen and oxygen atoms in total. The fourth-order valence-electron chi connectivity index (χ4n) is 9.47. The lowest BCUT2D eigenvalue weighted by Gasteiger charge is -2.38. The lowest BCUT2D eigenvalue weighted by atomic mass is 9.85. The Balaban J connectivity index is 0.756. The molecule has 0 bridgehead atoms. The van der Waals surface area contributed by atoms with Crippen LogP contribution >= 0.6 is 0 Å². The molecule has 17 heteroatoms. The molecule has 1 saturated carbocycles. The Morgan fingerprint density at radius 2 is 1.73 bits per heavy atom. The number of hydrogen-bond acceptors (Lipinski definition) is 12. The van der Waals surface area contributed by atoms with Gasteiger partial charge in [-0.15, -0.1) is 0 Å². The minimum absolute atomic E-state index is 0.0778. The highest BCUT2D eigenvalue weighted by Crippen LogP contribution is 2.37. The van der Waals surface area contributed by atoms with Crippen molar-refractivity contribution in [2.75, 3.05) is 56.4 Å². The molecule has 0 spiro atoms. The largest absolute Gasteiger partial charge is 0.386 e. The number of hydrogen-bond donors (Lipinski definition) is 4. The summed E-state index contributed by atoms with van der Waals surface area (Å²) >= 11 is 0. The Morgan fingerprint density at radius 3 is 2.47 bits per heavy atom. The molecule has 1 aliphatic carbocycles. The molecule has 5 amide bonds. The standard InChI is InChI=1S/C45H49N11O6/c1-45(2,62)33-22-35-29(21-36(33)49-42(59)38-11-10-31-20-28(23-46)24-48-56(31)38)26-54(51-35)30-8-6-27(7-9-30)25-53-18-16-52(17-19-53)15-14-47-34-5-3-4-32-40(34)44(61)55(43(32)60)37-12-13-39(57)50-41(37)58/h3-5,10-11,20-22,24,26-27,30,37,47,62H,6-9,12-19,25H2,1-2H3,(H,49,59)(H,50,57,58)/t27-,30-,37?. The van der Waals surface area contributed by atoms with Gasteiger partial charge in [0.05, 0.1) is 45.6 Å². The molecular weight excluding hydrogens is 791 g/mol. The lowest BCUT2D eigenvalue weighted by Crippen LogP contribution is -2.54. The quantitative estimate of drug-likeness (QED) is 0.140. The first kappa shape index (κ1) is 40.9. The number of carbonyl (C=O) groups excluding carboxylic acids is 5. The van der Waals surface area contributed by atoms with E-state index in [0.717, 1.165) is 80.8 Å². The van der Waals surface area contributed by atoms with Crippen molar-refractivity contribution >= 4 is 57.3 Å². The molecular formula is C45H49N11O6. The monoisotopic (exact) mass is 839 g/mol. The molecule has 9 rings (SSSR count). The minimum atomic E-state index is -1.25. The van der Waals surface area contributed by atoms with Gasteiger partial charge in [0.15, 0.2) is 0 Å². The van der Waals surface area contributed by atoms with Crippen LogP contribution in [0.15, 0.2) is 60.9 Å². The zero-order valence-electron chi connectivity index (χ0n) is 34.8. The Morgan fingerprint density at radius 1 is 0.952 bits per heavy atom. The van der Waals surface area contributed by atoms with Crippen molar-refractivity contribution < 1.29 is 29.1 Å². The fraction of sp³-hybridized carbons (Fsp3) is 0.422. The van der Waals surface area contributed by atoms with Gasteiger partial charge in [-0.05, 0) is 94.3 Å². The maximum absolute atomic E-state index is 13.5. The molecule has 0 radical (unpaired) electrons. The van der Waals surface area contributed by atoms with Crippen LogP contribution in [-0.4, -0.2) is 121 Å². The number of piperidine rings is 1. The second kappa shape index (κ2) is 16.4. The van der Waals surface area contributed by atoms with Crippen molar-refractivity contribution in [1.82, 2.24) is 39.4 Å². The number of nitriles is 1. The highest BCUT2D eigenvalue weighted by Gasteiger charge is 2.45. The Bertz CT molecular complexity index is 2660. The summed E-state index contributed by atoms with van der Waals surface area (Å²) in [6.07, 6.45) is 7.87. The summed E-state index contributed by atoms with van der Waals surface area (Å²) in [7, 11) is 0. The Hall–Kier alpha value is -6.48. The minimum Gasteiger partial charge on any atom is -0.386 e. The molecule has 5 aromatic rings. The van der Waals surface area contributed by atoms with Crippen LogP contribution < -0.4 is 16.0 Å². The fourth-order valence-corrected chi connectivity index (χ4v) is 9.47. The summed E-state index contributed by atoms with van der Waals surface area (Å²) in [5, 5.41) is 39.1. The van der Waals surface area contributed by atoms with E-state index in [2.05, 4.69) is 41.6 Å². The van der Waals surface area contributed by atoms with Crippen LogP contribution in [0, 0.1) is 17.2 Å². The van der Waals surface area contributed by atoms with Gasteiger partial charge >= 0.3 is 0 Å². The summed E-state index contributed by atoms with van der Waals surface area (Å²) in [4.78, 5) is 70.3. The van der Waals surface area contributed by atoms with Crippen molar-refractivity contribution in [2.45, 2.75) is 70.1 Å². The number of benzene rings is 2. The van der Waals surface area contributed by atoms with Gasteiger partial charge in [0.25, 0.3) is 17.7 Å². The molecule has 320 valence electrons. The maximum atomic E-state index is 13.5. The zero-order valence-corrected chi connectivity index (χ0v) is 34.8. The van der Waals surface area contributed by atoms with E-state index in [1.807, 2.05) is 18.3 Å². The van der Waals surface area contributed by atoms with Gasteiger partial charge in [0, 0.05) is 80.8 Å². The van der Waals surface area contributed by atoms with E-state index < -0.39 is 35.3 Å². The van der Waals surface area contributed by atoms with E-state index in [0.29, 0.717) is 46.2 Å². The first-order chi connectivity index (χ1) is 29.8. The molecule has 3 fully saturated rings. The van der Waals surface area contributed by atoms with Crippen molar-refractivity contribution in [3.63, 3.8) is 0 Å². The number of rotatable bonds is 11. The predicted molar refractivity (Wildman–Crippen MR) is 228 cm³/mol. The first-order valence-electron chi connectivity index (χ1n) is 21.3. The molecule has 6 heterocycles. The van der Waals surface area contributed by atoms with Crippen LogP contribution in [0.5, 0.6) is 0 Å². The lowest BCUT2D eigenvalue weighted by molar-refractivity contribution is -0.136. The van der Waals surface area contributed by atoms with Crippen molar-refractivity contribution in [3.05, 3.63) is 88.9 Å². The number of imide groups is 2. The number of anilines is 2. The summed E-state index contributed by atoms with van der Waals surface area (Å²) in [5.41, 5.74) is 3.00. The number of aliphatic hydroxyl groups is 1. The van der Waals surface area contributed by atoms with Crippen LogP contribution in [0.3, 0.4) is 0 Å². The van der Waals surface area contributed by atoms with E-state index in [4.69, 9.17) is 5.10 Å². The van der Waals surface area contributed by atoms with Crippen LogP contribution in [0.4, 0.5) is 11.4 Å². The van der Waals surface area contributed by atoms with Crippen LogP contribution in [0.25, 0.3) is 16.4 Å².